The van der Waals surface area contributed by atoms with Crippen molar-refractivity contribution >= 4 is 29.1 Å². The molecule has 0 radical (unpaired) electrons. The van der Waals surface area contributed by atoms with E-state index >= 15 is 0 Å². The van der Waals surface area contributed by atoms with Gasteiger partial charge in [0, 0.05) is 35.9 Å². The van der Waals surface area contributed by atoms with E-state index in [0.29, 0.717) is 23.7 Å². The fraction of sp³-hybridized carbons (Fsp3) is 0.318. The van der Waals surface area contributed by atoms with E-state index in [2.05, 4.69) is 21.2 Å². The fourth-order valence-electron chi connectivity index (χ4n) is 3.83. The average Bonchev–Trinajstić information content (AvgIpc) is 3.32. The maximum absolute atomic E-state index is 12.8. The summed E-state index contributed by atoms with van der Waals surface area (Å²) < 4.78 is 2.02. The Bertz CT molecular complexity index is 1040. The Morgan fingerprint density at radius 1 is 1.10 bits per heavy atom. The Labute approximate surface area is 175 Å². The summed E-state index contributed by atoms with van der Waals surface area (Å²) in [5.74, 6) is 1.60. The third kappa shape index (κ3) is 3.49. The molecule has 1 aliphatic rings. The number of carbonyl (C=O) groups excluding carboxylic acids is 1. The summed E-state index contributed by atoms with van der Waals surface area (Å²) in [4.78, 5) is 16.8. The Kier molecular flexibility index (Phi) is 5.28. The normalized spacial score (nSPS) is 12.9. The molecule has 3 aromatic rings. The molecule has 0 atom stereocenters. The van der Waals surface area contributed by atoms with Crippen molar-refractivity contribution in [3.05, 3.63) is 64.4 Å². The van der Waals surface area contributed by atoms with E-state index in [0.717, 1.165) is 36.1 Å². The predicted molar refractivity (Wildman–Crippen MR) is 116 cm³/mol. The van der Waals surface area contributed by atoms with Gasteiger partial charge in [0.1, 0.15) is 5.82 Å². The van der Waals surface area contributed by atoms with Crippen LogP contribution in [0.2, 0.25) is 5.02 Å². The molecule has 2 heterocycles. The lowest BCUT2D eigenvalue weighted by Crippen LogP contribution is -2.30. The molecule has 4 rings (SSSR count). The van der Waals surface area contributed by atoms with Gasteiger partial charge < -0.3 is 9.80 Å². The van der Waals surface area contributed by atoms with Crippen LogP contribution < -0.4 is 4.90 Å². The maximum Gasteiger partial charge on any atom is 0.253 e. The minimum absolute atomic E-state index is 0.0556. The Hall–Kier alpha value is -2.86. The lowest BCUT2D eigenvalue weighted by atomic mass is 10.1. The summed E-state index contributed by atoms with van der Waals surface area (Å²) in [5.41, 5.74) is 3.89. The summed E-state index contributed by atoms with van der Waals surface area (Å²) in [6.07, 6.45) is 0.904. The lowest BCUT2D eigenvalue weighted by molar-refractivity contribution is 0.0773. The van der Waals surface area contributed by atoms with Gasteiger partial charge in [-0.15, -0.1) is 10.2 Å². The van der Waals surface area contributed by atoms with Crippen LogP contribution in [0.4, 0.5) is 11.6 Å². The summed E-state index contributed by atoms with van der Waals surface area (Å²) in [5, 5.41) is 9.44. The average molecular weight is 410 g/mol. The quantitative estimate of drug-likeness (QED) is 0.626. The molecule has 0 spiro atoms. The van der Waals surface area contributed by atoms with Gasteiger partial charge in [-0.25, -0.2) is 0 Å². The molecule has 29 heavy (non-hydrogen) atoms. The van der Waals surface area contributed by atoms with Gasteiger partial charge in [0.2, 0.25) is 5.95 Å². The number of aryl methyl sites for hydroxylation is 1. The highest BCUT2D eigenvalue weighted by atomic mass is 35.5. The highest BCUT2D eigenvalue weighted by Crippen LogP contribution is 2.36. The molecule has 0 saturated carbocycles. The molecular formula is C22H24ClN5O. The van der Waals surface area contributed by atoms with E-state index in [-0.39, 0.29) is 5.91 Å². The summed E-state index contributed by atoms with van der Waals surface area (Å²) in [6, 6.07) is 13.6. The van der Waals surface area contributed by atoms with Gasteiger partial charge in [0.05, 0.1) is 5.69 Å². The van der Waals surface area contributed by atoms with Crippen molar-refractivity contribution in [1.29, 1.82) is 0 Å². The zero-order chi connectivity index (χ0) is 20.5. The van der Waals surface area contributed by atoms with Crippen LogP contribution in [-0.2, 0) is 6.42 Å². The first-order chi connectivity index (χ1) is 14.0. The van der Waals surface area contributed by atoms with Crippen molar-refractivity contribution in [3.8, 4) is 5.69 Å². The number of benzene rings is 2. The molecule has 1 aliphatic heterocycles. The van der Waals surface area contributed by atoms with Crippen molar-refractivity contribution in [2.24, 2.45) is 0 Å². The molecule has 6 nitrogen and oxygen atoms in total. The molecular weight excluding hydrogens is 386 g/mol. The lowest BCUT2D eigenvalue weighted by Gasteiger charge is -2.22. The van der Waals surface area contributed by atoms with Gasteiger partial charge in [-0.1, -0.05) is 17.7 Å². The third-order valence-corrected chi connectivity index (χ3v) is 5.66. The highest BCUT2D eigenvalue weighted by Gasteiger charge is 2.27. The van der Waals surface area contributed by atoms with Gasteiger partial charge in [-0.2, -0.15) is 0 Å². The van der Waals surface area contributed by atoms with Crippen LogP contribution >= 0.6 is 11.6 Å². The summed E-state index contributed by atoms with van der Waals surface area (Å²) in [7, 11) is 0. The molecule has 0 aliphatic carbocycles. The van der Waals surface area contributed by atoms with Crippen LogP contribution in [0.15, 0.2) is 42.5 Å². The van der Waals surface area contributed by atoms with Crippen molar-refractivity contribution < 1.29 is 4.79 Å². The second-order valence-corrected chi connectivity index (χ2v) is 7.52. The molecule has 1 aromatic heterocycles. The Morgan fingerprint density at radius 2 is 1.83 bits per heavy atom. The number of rotatable bonds is 5. The molecule has 0 saturated heterocycles. The number of carbonyl (C=O) groups is 1. The van der Waals surface area contributed by atoms with Gasteiger partial charge in [0.15, 0.2) is 0 Å². The summed E-state index contributed by atoms with van der Waals surface area (Å²) >= 11 is 6.06. The van der Waals surface area contributed by atoms with E-state index in [9.17, 15) is 4.79 Å². The molecule has 150 valence electrons. The van der Waals surface area contributed by atoms with Crippen LogP contribution in [0.25, 0.3) is 5.69 Å². The number of aromatic nitrogens is 3. The van der Waals surface area contributed by atoms with Crippen LogP contribution in [-0.4, -0.2) is 45.2 Å². The second kappa shape index (κ2) is 7.87. The molecule has 0 fully saturated rings. The molecule has 1 amide bonds. The monoisotopic (exact) mass is 409 g/mol. The number of halogens is 1. The summed E-state index contributed by atoms with van der Waals surface area (Å²) in [6.45, 7) is 8.11. The third-order valence-electron chi connectivity index (χ3n) is 5.41. The minimum atomic E-state index is 0.0556. The number of amides is 1. The minimum Gasteiger partial charge on any atom is -0.339 e. The predicted octanol–water partition coefficient (Wildman–Crippen LogP) is 4.41. The number of fused-ring (bicyclic) bond motifs is 1. The topological polar surface area (TPSA) is 54.3 Å². The number of nitrogens with zero attached hydrogens (tertiary/aromatic N) is 5. The first-order valence-corrected chi connectivity index (χ1v) is 10.3. The van der Waals surface area contributed by atoms with E-state index in [1.807, 2.05) is 66.6 Å². The van der Waals surface area contributed by atoms with E-state index in [1.54, 1.807) is 0 Å². The molecule has 0 bridgehead atoms. The zero-order valence-corrected chi connectivity index (χ0v) is 17.6. The van der Waals surface area contributed by atoms with E-state index in [4.69, 9.17) is 11.6 Å². The van der Waals surface area contributed by atoms with Gasteiger partial charge in [0.25, 0.3) is 5.91 Å². The fourth-order valence-corrected chi connectivity index (χ4v) is 3.96. The van der Waals surface area contributed by atoms with Crippen LogP contribution in [0.3, 0.4) is 0 Å². The number of anilines is 2. The van der Waals surface area contributed by atoms with Crippen molar-refractivity contribution in [3.63, 3.8) is 0 Å². The van der Waals surface area contributed by atoms with Crippen LogP contribution in [0, 0.1) is 6.92 Å². The van der Waals surface area contributed by atoms with Gasteiger partial charge >= 0.3 is 0 Å². The number of hydrogen-bond acceptors (Lipinski definition) is 4. The highest BCUT2D eigenvalue weighted by molar-refractivity contribution is 6.30. The van der Waals surface area contributed by atoms with Gasteiger partial charge in [-0.05, 0) is 69.2 Å². The molecule has 7 heteroatoms. The van der Waals surface area contributed by atoms with Crippen LogP contribution in [0.5, 0.6) is 0 Å². The molecule has 0 N–H and O–H groups in total. The van der Waals surface area contributed by atoms with Gasteiger partial charge in [-0.3, -0.25) is 9.36 Å². The Balaban J connectivity index is 1.75. The molecule has 0 unspecified atom stereocenters. The maximum atomic E-state index is 12.8. The second-order valence-electron chi connectivity index (χ2n) is 7.08. The smallest absolute Gasteiger partial charge is 0.253 e. The van der Waals surface area contributed by atoms with Crippen LogP contribution in [0.1, 0.15) is 35.6 Å². The first kappa shape index (κ1) is 19.5. The van der Waals surface area contributed by atoms with Crippen molar-refractivity contribution in [2.45, 2.75) is 27.2 Å². The van der Waals surface area contributed by atoms with Crippen molar-refractivity contribution in [2.75, 3.05) is 24.5 Å². The Morgan fingerprint density at radius 3 is 2.52 bits per heavy atom. The first-order valence-electron chi connectivity index (χ1n) is 9.91. The largest absolute Gasteiger partial charge is 0.339 e. The standard InChI is InChI=1S/C22H24ClN5O/c1-4-26(5-2)21(29)17-7-6-16-12-13-27(20(16)14-17)22-25-24-15(3)28(22)19-10-8-18(23)9-11-19/h6-11,14H,4-5,12-13H2,1-3H3. The SMILES string of the molecule is CCN(CC)C(=O)c1ccc2c(c1)N(c1nnc(C)n1-c1ccc(Cl)cc1)CC2. The van der Waals surface area contributed by atoms with Crippen molar-refractivity contribution in [1.82, 2.24) is 19.7 Å². The number of hydrogen-bond donors (Lipinski definition) is 0. The van der Waals surface area contributed by atoms with E-state index in [1.165, 1.54) is 5.56 Å². The molecule has 2 aromatic carbocycles. The zero-order valence-electron chi connectivity index (χ0n) is 16.9. The van der Waals surface area contributed by atoms with E-state index < -0.39 is 0 Å².